The van der Waals surface area contributed by atoms with E-state index in [1.165, 1.54) is 45.2 Å². The van der Waals surface area contributed by atoms with Crippen LogP contribution in [0.2, 0.25) is 0 Å². The molecule has 0 spiro atoms. The highest BCUT2D eigenvalue weighted by molar-refractivity contribution is 5.92. The molecular formula is C19H29N3O. The van der Waals surface area contributed by atoms with E-state index in [4.69, 9.17) is 5.73 Å². The van der Waals surface area contributed by atoms with E-state index in [1.54, 1.807) is 0 Å². The van der Waals surface area contributed by atoms with Gasteiger partial charge in [-0.25, -0.2) is 0 Å². The van der Waals surface area contributed by atoms with Crippen molar-refractivity contribution >= 4 is 17.3 Å². The Kier molecular flexibility index (Phi) is 4.90. The lowest BCUT2D eigenvalue weighted by Crippen LogP contribution is -2.48. The molecule has 4 heteroatoms. The zero-order valence-corrected chi connectivity index (χ0v) is 14.4. The van der Waals surface area contributed by atoms with Crippen LogP contribution in [0, 0.1) is 19.8 Å². The predicted molar refractivity (Wildman–Crippen MR) is 95.5 cm³/mol. The third-order valence-corrected chi connectivity index (χ3v) is 5.50. The first-order valence-corrected chi connectivity index (χ1v) is 8.95. The van der Waals surface area contributed by atoms with Crippen molar-refractivity contribution in [2.45, 2.75) is 58.4 Å². The highest BCUT2D eigenvalue weighted by Crippen LogP contribution is 2.33. The molecule has 1 aromatic rings. The van der Waals surface area contributed by atoms with Crippen molar-refractivity contribution in [1.82, 2.24) is 4.90 Å². The van der Waals surface area contributed by atoms with Gasteiger partial charge in [0.05, 0.1) is 0 Å². The highest BCUT2D eigenvalue weighted by Gasteiger charge is 2.34. The summed E-state index contributed by atoms with van der Waals surface area (Å²) in [5, 5.41) is 3.14. The fourth-order valence-electron chi connectivity index (χ4n) is 4.44. The molecule has 23 heavy (non-hydrogen) atoms. The highest BCUT2D eigenvalue weighted by atomic mass is 16.1. The van der Waals surface area contributed by atoms with Gasteiger partial charge in [-0.1, -0.05) is 6.42 Å². The normalized spacial score (nSPS) is 25.0. The second-order valence-corrected chi connectivity index (χ2v) is 7.28. The molecule has 0 aromatic heterocycles. The quantitative estimate of drug-likeness (QED) is 0.840. The van der Waals surface area contributed by atoms with Crippen LogP contribution in [0.3, 0.4) is 0 Å². The molecular weight excluding hydrogens is 286 g/mol. The molecule has 0 saturated carbocycles. The number of hydrogen-bond acceptors (Lipinski definition) is 3. The number of nitrogens with two attached hydrogens (primary N) is 1. The summed E-state index contributed by atoms with van der Waals surface area (Å²) >= 11 is 0. The minimum Gasteiger partial charge on any atom is -0.399 e. The van der Waals surface area contributed by atoms with Gasteiger partial charge in [-0.3, -0.25) is 4.79 Å². The lowest BCUT2D eigenvalue weighted by atomic mass is 9.81. The van der Waals surface area contributed by atoms with Crippen LogP contribution in [-0.2, 0) is 4.79 Å². The van der Waals surface area contributed by atoms with Gasteiger partial charge in [-0.2, -0.15) is 0 Å². The molecule has 2 aliphatic heterocycles. The van der Waals surface area contributed by atoms with Crippen LogP contribution in [0.1, 0.15) is 49.7 Å². The molecule has 0 aliphatic carbocycles. The lowest BCUT2D eigenvalue weighted by molar-refractivity contribution is -0.118. The molecule has 2 atom stereocenters. The van der Waals surface area contributed by atoms with E-state index in [0.29, 0.717) is 18.4 Å². The monoisotopic (exact) mass is 315 g/mol. The van der Waals surface area contributed by atoms with Crippen LogP contribution in [0.25, 0.3) is 0 Å². The predicted octanol–water partition coefficient (Wildman–Crippen LogP) is 3.48. The van der Waals surface area contributed by atoms with E-state index >= 15 is 0 Å². The standard InChI is InChI=1S/C19H29N3O/c1-13-10-16(20)11-14(2)19(13)21-18(23)12-15-6-5-9-22-8-4-3-7-17(15)22/h10-11,15,17H,3-9,12,20H2,1-2H3,(H,21,23)/t15-,17+/m0/s1. The Balaban J connectivity index is 1.65. The summed E-state index contributed by atoms with van der Waals surface area (Å²) in [6, 6.07) is 4.47. The van der Waals surface area contributed by atoms with Crippen molar-refractivity contribution in [2.75, 3.05) is 24.1 Å². The van der Waals surface area contributed by atoms with Crippen LogP contribution >= 0.6 is 0 Å². The number of piperidine rings is 2. The molecule has 0 bridgehead atoms. The van der Waals surface area contributed by atoms with Gasteiger partial charge >= 0.3 is 0 Å². The minimum absolute atomic E-state index is 0.151. The Morgan fingerprint density at radius 1 is 1.17 bits per heavy atom. The molecule has 2 saturated heterocycles. The van der Waals surface area contributed by atoms with E-state index in [0.717, 1.165) is 22.5 Å². The summed E-state index contributed by atoms with van der Waals surface area (Å²) in [5.74, 6) is 0.664. The molecule has 1 aromatic carbocycles. The Morgan fingerprint density at radius 3 is 2.61 bits per heavy atom. The van der Waals surface area contributed by atoms with E-state index in [9.17, 15) is 4.79 Å². The second-order valence-electron chi connectivity index (χ2n) is 7.28. The topological polar surface area (TPSA) is 58.4 Å². The first-order valence-electron chi connectivity index (χ1n) is 8.95. The van der Waals surface area contributed by atoms with Gasteiger partial charge in [-0.05, 0) is 81.8 Å². The molecule has 0 radical (unpaired) electrons. The van der Waals surface area contributed by atoms with Crippen LogP contribution in [0.5, 0.6) is 0 Å². The fourth-order valence-corrected chi connectivity index (χ4v) is 4.44. The SMILES string of the molecule is Cc1cc(N)cc(C)c1NC(=O)C[C@@H]1CCCN2CCCC[C@H]12. The molecule has 3 N–H and O–H groups in total. The summed E-state index contributed by atoms with van der Waals surface area (Å²) in [6.07, 6.45) is 6.96. The number of nitrogens with zero attached hydrogens (tertiary/aromatic N) is 1. The number of carbonyl (C=O) groups is 1. The van der Waals surface area contributed by atoms with Gasteiger partial charge < -0.3 is 16.0 Å². The number of fused-ring (bicyclic) bond motifs is 1. The molecule has 0 unspecified atom stereocenters. The van der Waals surface area contributed by atoms with E-state index < -0.39 is 0 Å². The van der Waals surface area contributed by atoms with Gasteiger partial charge in [0, 0.05) is 23.8 Å². The zero-order valence-electron chi connectivity index (χ0n) is 14.4. The van der Waals surface area contributed by atoms with Crippen LogP contribution < -0.4 is 11.1 Å². The van der Waals surface area contributed by atoms with Crippen molar-refractivity contribution in [3.05, 3.63) is 23.3 Å². The Bertz CT molecular complexity index is 559. The molecule has 4 nitrogen and oxygen atoms in total. The van der Waals surface area contributed by atoms with Crippen molar-refractivity contribution in [1.29, 1.82) is 0 Å². The third kappa shape index (κ3) is 3.69. The van der Waals surface area contributed by atoms with Crippen LogP contribution in [0.15, 0.2) is 12.1 Å². The first-order chi connectivity index (χ1) is 11.0. The molecule has 2 fully saturated rings. The maximum atomic E-state index is 12.6. The van der Waals surface area contributed by atoms with Crippen LogP contribution in [0.4, 0.5) is 11.4 Å². The van der Waals surface area contributed by atoms with E-state index in [-0.39, 0.29) is 5.91 Å². The Labute approximate surface area is 139 Å². The third-order valence-electron chi connectivity index (χ3n) is 5.50. The summed E-state index contributed by atoms with van der Waals surface area (Å²) in [6.45, 7) is 6.45. The number of benzene rings is 1. The lowest BCUT2D eigenvalue weighted by Gasteiger charge is -2.44. The molecule has 1 amide bonds. The Hall–Kier alpha value is -1.55. The first kappa shape index (κ1) is 16.3. The van der Waals surface area contributed by atoms with Gasteiger partial charge in [0.1, 0.15) is 0 Å². The number of carbonyl (C=O) groups excluding carboxylic acids is 1. The Morgan fingerprint density at radius 2 is 1.87 bits per heavy atom. The number of hydrogen-bond donors (Lipinski definition) is 2. The van der Waals surface area contributed by atoms with Gasteiger partial charge in [0.2, 0.25) is 5.91 Å². The minimum atomic E-state index is 0.151. The molecule has 2 heterocycles. The number of nitrogens with one attached hydrogen (secondary N) is 1. The number of amides is 1. The van der Waals surface area contributed by atoms with E-state index in [1.807, 2.05) is 26.0 Å². The van der Waals surface area contributed by atoms with Gasteiger partial charge in [-0.15, -0.1) is 0 Å². The fraction of sp³-hybridized carbons (Fsp3) is 0.632. The zero-order chi connectivity index (χ0) is 16.4. The number of anilines is 2. The summed E-state index contributed by atoms with van der Waals surface area (Å²) in [4.78, 5) is 15.2. The summed E-state index contributed by atoms with van der Waals surface area (Å²) in [5.41, 5.74) is 9.63. The van der Waals surface area contributed by atoms with Crippen molar-refractivity contribution in [3.63, 3.8) is 0 Å². The van der Waals surface area contributed by atoms with Crippen molar-refractivity contribution < 1.29 is 4.79 Å². The average molecular weight is 315 g/mol. The number of nitrogen functional groups attached to an aromatic ring is 1. The largest absolute Gasteiger partial charge is 0.399 e. The summed E-state index contributed by atoms with van der Waals surface area (Å²) in [7, 11) is 0. The number of aryl methyl sites for hydroxylation is 2. The van der Waals surface area contributed by atoms with Gasteiger partial charge in [0.25, 0.3) is 0 Å². The van der Waals surface area contributed by atoms with Crippen molar-refractivity contribution in [2.24, 2.45) is 5.92 Å². The van der Waals surface area contributed by atoms with Crippen molar-refractivity contribution in [3.8, 4) is 0 Å². The smallest absolute Gasteiger partial charge is 0.224 e. The summed E-state index contributed by atoms with van der Waals surface area (Å²) < 4.78 is 0. The number of rotatable bonds is 3. The average Bonchev–Trinajstić information content (AvgIpc) is 2.51. The molecule has 2 aliphatic rings. The van der Waals surface area contributed by atoms with E-state index in [2.05, 4.69) is 10.2 Å². The molecule has 126 valence electrons. The second kappa shape index (κ2) is 6.91. The molecule has 3 rings (SSSR count). The maximum Gasteiger partial charge on any atom is 0.224 e. The van der Waals surface area contributed by atoms with Gasteiger partial charge in [0.15, 0.2) is 0 Å². The van der Waals surface area contributed by atoms with Crippen LogP contribution in [-0.4, -0.2) is 29.9 Å². The maximum absolute atomic E-state index is 12.6.